The third-order valence-electron chi connectivity index (χ3n) is 4.96. The smallest absolute Gasteiger partial charge is 0.399 e. The van der Waals surface area contributed by atoms with Crippen molar-refractivity contribution in [1.82, 2.24) is 9.97 Å². The average Bonchev–Trinajstić information content (AvgIpc) is 2.75. The summed E-state index contributed by atoms with van der Waals surface area (Å²) in [6, 6.07) is 8.13. The van der Waals surface area contributed by atoms with Crippen LogP contribution in [0.4, 0.5) is 11.6 Å². The van der Waals surface area contributed by atoms with Crippen LogP contribution in [0.5, 0.6) is 0 Å². The van der Waals surface area contributed by atoms with Crippen LogP contribution in [0.2, 0.25) is 0 Å². The minimum absolute atomic E-state index is 0.354. The van der Waals surface area contributed by atoms with E-state index in [0.717, 1.165) is 28.8 Å². The Morgan fingerprint density at radius 3 is 2.40 bits per heavy atom. The highest BCUT2D eigenvalue weighted by atomic mass is 16.7. The summed E-state index contributed by atoms with van der Waals surface area (Å²) in [5, 5.41) is 3.29. The van der Waals surface area contributed by atoms with Gasteiger partial charge in [-0.25, -0.2) is 9.97 Å². The number of rotatable bonds is 4. The molecule has 132 valence electrons. The van der Waals surface area contributed by atoms with Gasteiger partial charge in [0.25, 0.3) is 0 Å². The van der Waals surface area contributed by atoms with Gasteiger partial charge in [0.05, 0.1) is 11.2 Å². The Morgan fingerprint density at radius 2 is 1.76 bits per heavy atom. The molecule has 3 rings (SSSR count). The Kier molecular flexibility index (Phi) is 4.60. The van der Waals surface area contributed by atoms with Gasteiger partial charge < -0.3 is 14.6 Å². The van der Waals surface area contributed by atoms with Crippen LogP contribution in [0.3, 0.4) is 0 Å². The second-order valence-corrected chi connectivity index (χ2v) is 7.57. The number of hydrogen-bond acceptors (Lipinski definition) is 5. The summed E-state index contributed by atoms with van der Waals surface area (Å²) in [5.41, 5.74) is 3.35. The van der Waals surface area contributed by atoms with E-state index in [-0.39, 0.29) is 18.3 Å². The van der Waals surface area contributed by atoms with Gasteiger partial charge in [-0.05, 0) is 70.3 Å². The second kappa shape index (κ2) is 6.43. The fraction of sp³-hybridized carbons (Fsp3) is 0.474. The Bertz CT molecular complexity index is 761. The molecule has 1 aromatic heterocycles. The molecule has 6 heteroatoms. The molecule has 1 aromatic carbocycles. The predicted octanol–water partition coefficient (Wildman–Crippen LogP) is 3.39. The molecule has 25 heavy (non-hydrogen) atoms. The lowest BCUT2D eigenvalue weighted by molar-refractivity contribution is 0.00578. The highest BCUT2D eigenvalue weighted by molar-refractivity contribution is 6.62. The fourth-order valence-electron chi connectivity index (χ4n) is 2.78. The van der Waals surface area contributed by atoms with Crippen LogP contribution < -0.4 is 10.8 Å². The fourth-order valence-corrected chi connectivity index (χ4v) is 2.78. The average molecular weight is 339 g/mol. The standard InChI is InChI=1S/C19H26BN3O2/c1-7-15-8-9-21-17(22-15)23-16-11-13(2)10-14(12-16)20-24-18(3,4)19(5,6)25-20/h8-12H,7H2,1-6H3,(H,21,22,23). The molecule has 1 aliphatic heterocycles. The van der Waals surface area contributed by atoms with Crippen LogP contribution in [0, 0.1) is 6.92 Å². The first-order valence-electron chi connectivity index (χ1n) is 8.76. The molecular formula is C19H26BN3O2. The number of aromatic nitrogens is 2. The number of nitrogens with one attached hydrogen (secondary N) is 1. The molecule has 2 aromatic rings. The van der Waals surface area contributed by atoms with Crippen LogP contribution in [0.1, 0.15) is 45.9 Å². The van der Waals surface area contributed by atoms with Crippen molar-refractivity contribution in [2.75, 3.05) is 5.32 Å². The summed E-state index contributed by atoms with van der Waals surface area (Å²) in [7, 11) is -0.381. The maximum atomic E-state index is 6.17. The second-order valence-electron chi connectivity index (χ2n) is 7.57. The summed E-state index contributed by atoms with van der Waals surface area (Å²) < 4.78 is 12.3. The van der Waals surface area contributed by atoms with Crippen molar-refractivity contribution in [2.45, 2.75) is 59.2 Å². The third-order valence-corrected chi connectivity index (χ3v) is 4.96. The maximum Gasteiger partial charge on any atom is 0.494 e. The van der Waals surface area contributed by atoms with E-state index < -0.39 is 0 Å². The van der Waals surface area contributed by atoms with Gasteiger partial charge in [-0.1, -0.05) is 13.0 Å². The Balaban J connectivity index is 1.86. The zero-order valence-corrected chi connectivity index (χ0v) is 15.9. The van der Waals surface area contributed by atoms with E-state index >= 15 is 0 Å². The van der Waals surface area contributed by atoms with Gasteiger partial charge in [-0.2, -0.15) is 0 Å². The largest absolute Gasteiger partial charge is 0.494 e. The first kappa shape index (κ1) is 17.9. The van der Waals surface area contributed by atoms with Gasteiger partial charge in [-0.3, -0.25) is 0 Å². The van der Waals surface area contributed by atoms with E-state index in [2.05, 4.69) is 69.0 Å². The van der Waals surface area contributed by atoms with Gasteiger partial charge in [0, 0.05) is 17.6 Å². The summed E-state index contributed by atoms with van der Waals surface area (Å²) in [6.45, 7) is 12.4. The SMILES string of the molecule is CCc1ccnc(Nc2cc(C)cc(B3OC(C)(C)C(C)(C)O3)c2)n1. The molecule has 1 aliphatic rings. The Hall–Kier alpha value is -1.92. The zero-order chi connectivity index (χ0) is 18.2. The van der Waals surface area contributed by atoms with Crippen molar-refractivity contribution in [3.63, 3.8) is 0 Å². The lowest BCUT2D eigenvalue weighted by Crippen LogP contribution is -2.41. The zero-order valence-electron chi connectivity index (χ0n) is 15.9. The highest BCUT2D eigenvalue weighted by Gasteiger charge is 2.51. The number of aryl methyl sites for hydroxylation is 2. The number of hydrogen-bond donors (Lipinski definition) is 1. The molecule has 0 atom stereocenters. The molecule has 1 N–H and O–H groups in total. The van der Waals surface area contributed by atoms with Crippen molar-refractivity contribution in [3.8, 4) is 0 Å². The van der Waals surface area contributed by atoms with Gasteiger partial charge in [-0.15, -0.1) is 0 Å². The lowest BCUT2D eigenvalue weighted by Gasteiger charge is -2.32. The molecule has 0 radical (unpaired) electrons. The van der Waals surface area contributed by atoms with Gasteiger partial charge >= 0.3 is 7.12 Å². The van der Waals surface area contributed by atoms with Gasteiger partial charge in [0.2, 0.25) is 5.95 Å². The van der Waals surface area contributed by atoms with Crippen LogP contribution in [0.25, 0.3) is 0 Å². The van der Waals surface area contributed by atoms with Crippen molar-refractivity contribution in [1.29, 1.82) is 0 Å². The molecule has 5 nitrogen and oxygen atoms in total. The highest BCUT2D eigenvalue weighted by Crippen LogP contribution is 2.36. The summed E-state index contributed by atoms with van der Waals surface area (Å²) >= 11 is 0. The minimum Gasteiger partial charge on any atom is -0.399 e. The molecule has 1 saturated heterocycles. The summed E-state index contributed by atoms with van der Waals surface area (Å²) in [4.78, 5) is 8.81. The third kappa shape index (κ3) is 3.70. The Morgan fingerprint density at radius 1 is 1.08 bits per heavy atom. The summed E-state index contributed by atoms with van der Waals surface area (Å²) in [6.07, 6.45) is 2.66. The van der Waals surface area contributed by atoms with Crippen molar-refractivity contribution in [2.24, 2.45) is 0 Å². The topological polar surface area (TPSA) is 56.3 Å². The summed E-state index contributed by atoms with van der Waals surface area (Å²) in [5.74, 6) is 0.602. The molecule has 0 saturated carbocycles. The van der Waals surface area contributed by atoms with E-state index in [0.29, 0.717) is 5.95 Å². The van der Waals surface area contributed by atoms with E-state index in [9.17, 15) is 0 Å². The number of nitrogens with zero attached hydrogens (tertiary/aromatic N) is 2. The normalized spacial score (nSPS) is 18.4. The first-order chi connectivity index (χ1) is 11.7. The molecule has 0 amide bonds. The van der Waals surface area contributed by atoms with E-state index in [1.54, 1.807) is 6.20 Å². The number of anilines is 2. The van der Waals surface area contributed by atoms with Crippen molar-refractivity contribution < 1.29 is 9.31 Å². The monoisotopic (exact) mass is 339 g/mol. The molecular weight excluding hydrogens is 313 g/mol. The van der Waals surface area contributed by atoms with Crippen LogP contribution >= 0.6 is 0 Å². The molecule has 1 fully saturated rings. The Labute approximate surface area is 150 Å². The predicted molar refractivity (Wildman–Crippen MR) is 102 cm³/mol. The van der Waals surface area contributed by atoms with Crippen LogP contribution in [0.15, 0.2) is 30.5 Å². The molecule has 0 bridgehead atoms. The van der Waals surface area contributed by atoms with E-state index in [4.69, 9.17) is 9.31 Å². The van der Waals surface area contributed by atoms with Gasteiger partial charge in [0.1, 0.15) is 0 Å². The van der Waals surface area contributed by atoms with Crippen molar-refractivity contribution in [3.05, 3.63) is 41.7 Å². The number of benzene rings is 1. The quantitative estimate of drug-likeness (QED) is 0.866. The van der Waals surface area contributed by atoms with Crippen LogP contribution in [-0.2, 0) is 15.7 Å². The lowest BCUT2D eigenvalue weighted by atomic mass is 9.78. The minimum atomic E-state index is -0.381. The van der Waals surface area contributed by atoms with Gasteiger partial charge in [0.15, 0.2) is 0 Å². The molecule has 2 heterocycles. The van der Waals surface area contributed by atoms with E-state index in [1.807, 2.05) is 12.1 Å². The first-order valence-corrected chi connectivity index (χ1v) is 8.76. The maximum absolute atomic E-state index is 6.17. The molecule has 0 aliphatic carbocycles. The van der Waals surface area contributed by atoms with Crippen LogP contribution in [-0.4, -0.2) is 28.3 Å². The molecule has 0 unspecified atom stereocenters. The van der Waals surface area contributed by atoms with Crippen molar-refractivity contribution >= 4 is 24.2 Å². The van der Waals surface area contributed by atoms with E-state index in [1.165, 1.54) is 0 Å². The molecule has 0 spiro atoms.